The maximum absolute atomic E-state index is 11.3. The van der Waals surface area contributed by atoms with E-state index in [1.165, 1.54) is 30.1 Å². The molecule has 2 atom stereocenters. The Morgan fingerprint density at radius 2 is 1.89 bits per heavy atom. The van der Waals surface area contributed by atoms with Crippen LogP contribution in [0.4, 0.5) is 0 Å². The van der Waals surface area contributed by atoms with Gasteiger partial charge in [0, 0.05) is 0 Å². The molecule has 1 aromatic rings. The van der Waals surface area contributed by atoms with Crippen LogP contribution in [0.1, 0.15) is 39.0 Å². The number of hydrogen-bond acceptors (Lipinski definition) is 1. The van der Waals surface area contributed by atoms with Gasteiger partial charge in [-0.15, -0.1) is 0 Å². The standard InChI is InChI=1S/C15H21NOSe/c1-12(17)16-14-10-6-3-7-11-15(14)18-13-8-4-2-5-9-13/h2,4-5,8-9,14-15H,3,6-7,10-11H2,1H3,(H,16,17)/t14-,15-/m1/s1. The summed E-state index contributed by atoms with van der Waals surface area (Å²) in [4.78, 5) is 12.0. The Balaban J connectivity index is 2.03. The Hall–Kier alpha value is -0.791. The summed E-state index contributed by atoms with van der Waals surface area (Å²) in [6.07, 6.45) is 6.30. The quantitative estimate of drug-likeness (QED) is 0.673. The number of amides is 1. The van der Waals surface area contributed by atoms with Gasteiger partial charge < -0.3 is 0 Å². The van der Waals surface area contributed by atoms with E-state index in [0.717, 1.165) is 6.42 Å². The first kappa shape index (κ1) is 13.6. The third-order valence-corrected chi connectivity index (χ3v) is 6.33. The third kappa shape index (κ3) is 4.15. The van der Waals surface area contributed by atoms with Crippen molar-refractivity contribution in [2.24, 2.45) is 0 Å². The second-order valence-corrected chi connectivity index (χ2v) is 7.67. The van der Waals surface area contributed by atoms with Crippen molar-refractivity contribution >= 4 is 25.3 Å². The van der Waals surface area contributed by atoms with E-state index in [2.05, 4.69) is 35.6 Å². The molecule has 1 aromatic carbocycles. The molecule has 0 saturated heterocycles. The molecule has 1 fully saturated rings. The molecular weight excluding hydrogens is 289 g/mol. The van der Waals surface area contributed by atoms with Crippen LogP contribution in [-0.4, -0.2) is 26.9 Å². The summed E-state index contributed by atoms with van der Waals surface area (Å²) in [5, 5.41) is 3.17. The molecule has 1 aliphatic carbocycles. The minimum atomic E-state index is 0.121. The first-order valence-corrected chi connectivity index (χ1v) is 8.59. The summed E-state index contributed by atoms with van der Waals surface area (Å²) in [6, 6.07) is 11.1. The number of carbonyl (C=O) groups excluding carboxylic acids is 1. The summed E-state index contributed by atoms with van der Waals surface area (Å²) in [5.41, 5.74) is 0. The fourth-order valence-corrected chi connectivity index (χ4v) is 5.28. The van der Waals surface area contributed by atoms with Crippen molar-refractivity contribution in [1.29, 1.82) is 0 Å². The molecule has 0 aromatic heterocycles. The molecule has 98 valence electrons. The van der Waals surface area contributed by atoms with E-state index in [0.29, 0.717) is 25.8 Å². The van der Waals surface area contributed by atoms with Crippen LogP contribution < -0.4 is 9.78 Å². The van der Waals surface area contributed by atoms with Crippen LogP contribution in [0.15, 0.2) is 30.3 Å². The molecule has 1 saturated carbocycles. The molecule has 3 heteroatoms. The van der Waals surface area contributed by atoms with Gasteiger partial charge in [-0.05, 0) is 0 Å². The van der Waals surface area contributed by atoms with Crippen LogP contribution in [0.3, 0.4) is 0 Å². The summed E-state index contributed by atoms with van der Waals surface area (Å²) in [5.74, 6) is 0.121. The molecule has 2 rings (SSSR count). The average molecular weight is 310 g/mol. The fourth-order valence-electron chi connectivity index (χ4n) is 2.51. The molecule has 0 spiro atoms. The second kappa shape index (κ2) is 6.96. The van der Waals surface area contributed by atoms with Crippen LogP contribution >= 0.6 is 0 Å². The predicted molar refractivity (Wildman–Crippen MR) is 76.3 cm³/mol. The van der Waals surface area contributed by atoms with E-state index in [4.69, 9.17) is 0 Å². The molecule has 0 unspecified atom stereocenters. The van der Waals surface area contributed by atoms with Crippen molar-refractivity contribution in [2.45, 2.75) is 49.9 Å². The Bertz CT molecular complexity index is 379. The van der Waals surface area contributed by atoms with Crippen molar-refractivity contribution in [1.82, 2.24) is 5.32 Å². The van der Waals surface area contributed by atoms with Crippen molar-refractivity contribution in [2.75, 3.05) is 0 Å². The third-order valence-electron chi connectivity index (χ3n) is 3.37. The number of nitrogens with one attached hydrogen (secondary N) is 1. The van der Waals surface area contributed by atoms with E-state index in [9.17, 15) is 4.79 Å². The van der Waals surface area contributed by atoms with E-state index < -0.39 is 0 Å². The van der Waals surface area contributed by atoms with Crippen LogP contribution in [0, 0.1) is 0 Å². The number of rotatable bonds is 3. The molecule has 1 aliphatic rings. The molecule has 0 radical (unpaired) electrons. The molecule has 0 aliphatic heterocycles. The van der Waals surface area contributed by atoms with E-state index >= 15 is 0 Å². The number of benzene rings is 1. The molecule has 18 heavy (non-hydrogen) atoms. The van der Waals surface area contributed by atoms with Gasteiger partial charge in [-0.3, -0.25) is 0 Å². The average Bonchev–Trinajstić information content (AvgIpc) is 2.56. The van der Waals surface area contributed by atoms with Crippen molar-refractivity contribution in [3.05, 3.63) is 30.3 Å². The zero-order valence-electron chi connectivity index (χ0n) is 10.9. The first-order chi connectivity index (χ1) is 8.75. The number of hydrogen-bond donors (Lipinski definition) is 1. The topological polar surface area (TPSA) is 29.1 Å². The predicted octanol–water partition coefficient (Wildman–Crippen LogP) is 2.27. The summed E-state index contributed by atoms with van der Waals surface area (Å²) in [6.45, 7) is 1.64. The Labute approximate surface area is 116 Å². The Morgan fingerprint density at radius 3 is 2.61 bits per heavy atom. The van der Waals surface area contributed by atoms with E-state index in [-0.39, 0.29) is 5.91 Å². The van der Waals surface area contributed by atoms with Gasteiger partial charge >= 0.3 is 116 Å². The first-order valence-electron chi connectivity index (χ1n) is 6.74. The van der Waals surface area contributed by atoms with Gasteiger partial charge in [-0.1, -0.05) is 0 Å². The van der Waals surface area contributed by atoms with Gasteiger partial charge in [-0.25, -0.2) is 0 Å². The van der Waals surface area contributed by atoms with E-state index in [1.807, 2.05) is 0 Å². The Kier molecular flexibility index (Phi) is 5.27. The normalized spacial score (nSPS) is 24.3. The maximum atomic E-state index is 11.3. The molecule has 2 nitrogen and oxygen atoms in total. The van der Waals surface area contributed by atoms with E-state index in [1.54, 1.807) is 6.92 Å². The van der Waals surface area contributed by atoms with Gasteiger partial charge in [-0.2, -0.15) is 0 Å². The van der Waals surface area contributed by atoms with Crippen LogP contribution in [0.5, 0.6) is 0 Å². The van der Waals surface area contributed by atoms with Gasteiger partial charge in [0.05, 0.1) is 0 Å². The van der Waals surface area contributed by atoms with Crippen LogP contribution in [-0.2, 0) is 4.79 Å². The van der Waals surface area contributed by atoms with Gasteiger partial charge in [0.15, 0.2) is 0 Å². The molecule has 0 heterocycles. The summed E-state index contributed by atoms with van der Waals surface area (Å²) in [7, 11) is 0. The van der Waals surface area contributed by atoms with Crippen molar-refractivity contribution in [3.63, 3.8) is 0 Å². The molecule has 1 N–H and O–H groups in total. The minimum absolute atomic E-state index is 0.121. The summed E-state index contributed by atoms with van der Waals surface area (Å²) >= 11 is 0.471. The molecular formula is C15H21NOSe. The zero-order chi connectivity index (χ0) is 12.8. The second-order valence-electron chi connectivity index (χ2n) is 4.91. The Morgan fingerprint density at radius 1 is 1.17 bits per heavy atom. The van der Waals surface area contributed by atoms with Crippen LogP contribution in [0.25, 0.3) is 0 Å². The number of carbonyl (C=O) groups is 1. The SMILES string of the molecule is CC(=O)N[C@@H]1CCCCC[C@H]1[Se]c1ccccc1. The van der Waals surface area contributed by atoms with Gasteiger partial charge in [0.25, 0.3) is 0 Å². The molecule has 1 amide bonds. The zero-order valence-corrected chi connectivity index (χ0v) is 12.6. The fraction of sp³-hybridized carbons (Fsp3) is 0.533. The van der Waals surface area contributed by atoms with Gasteiger partial charge in [0.1, 0.15) is 0 Å². The van der Waals surface area contributed by atoms with Gasteiger partial charge in [0.2, 0.25) is 0 Å². The van der Waals surface area contributed by atoms with Crippen molar-refractivity contribution in [3.8, 4) is 0 Å². The monoisotopic (exact) mass is 311 g/mol. The van der Waals surface area contributed by atoms with Crippen molar-refractivity contribution < 1.29 is 4.79 Å². The van der Waals surface area contributed by atoms with Crippen LogP contribution in [0.2, 0.25) is 4.82 Å². The summed E-state index contributed by atoms with van der Waals surface area (Å²) < 4.78 is 1.45. The molecule has 0 bridgehead atoms.